The van der Waals surface area contributed by atoms with Crippen molar-refractivity contribution in [3.63, 3.8) is 0 Å². The number of halogens is 1. The van der Waals surface area contributed by atoms with Crippen molar-refractivity contribution in [3.8, 4) is 5.75 Å². The van der Waals surface area contributed by atoms with Crippen LogP contribution in [-0.4, -0.2) is 23.9 Å². The molecule has 1 aromatic rings. The summed E-state index contributed by atoms with van der Waals surface area (Å²) >= 11 is 3.12. The summed E-state index contributed by atoms with van der Waals surface area (Å²) < 4.78 is 5.95. The molecule has 3 nitrogen and oxygen atoms in total. The van der Waals surface area contributed by atoms with Crippen molar-refractivity contribution in [3.05, 3.63) is 29.3 Å². The number of amides is 1. The zero-order valence-corrected chi connectivity index (χ0v) is 13.6. The van der Waals surface area contributed by atoms with Crippen LogP contribution in [0, 0.1) is 6.92 Å². The Morgan fingerprint density at radius 3 is 2.63 bits per heavy atom. The van der Waals surface area contributed by atoms with E-state index in [-0.39, 0.29) is 12.0 Å². The van der Waals surface area contributed by atoms with E-state index in [1.165, 1.54) is 11.1 Å². The highest BCUT2D eigenvalue weighted by Gasteiger charge is 2.12. The normalized spacial score (nSPS) is 12.3. The average molecular weight is 328 g/mol. The number of alkyl halides is 1. The molecule has 0 aliphatic rings. The molecule has 4 heteroatoms. The van der Waals surface area contributed by atoms with Crippen LogP contribution in [0.1, 0.15) is 37.8 Å². The molecule has 1 rings (SSSR count). The lowest BCUT2D eigenvalue weighted by atomic mass is 10.0. The molecule has 106 valence electrons. The molecule has 1 atom stereocenters. The molecule has 0 fully saturated rings. The summed E-state index contributed by atoms with van der Waals surface area (Å²) in [5.74, 6) is 1.30. The Hall–Kier alpha value is -1.03. The van der Waals surface area contributed by atoms with Crippen molar-refractivity contribution in [2.75, 3.05) is 11.9 Å². The summed E-state index contributed by atoms with van der Waals surface area (Å²) in [5, 5.41) is 3.13. The molecule has 1 unspecified atom stereocenters. The van der Waals surface area contributed by atoms with E-state index in [4.69, 9.17) is 4.74 Å². The fourth-order valence-electron chi connectivity index (χ4n) is 1.78. The minimum atomic E-state index is -0.0534. The zero-order chi connectivity index (χ0) is 14.4. The van der Waals surface area contributed by atoms with Crippen LogP contribution < -0.4 is 10.1 Å². The van der Waals surface area contributed by atoms with Gasteiger partial charge in [-0.15, -0.1) is 0 Å². The average Bonchev–Trinajstić information content (AvgIpc) is 2.35. The van der Waals surface area contributed by atoms with Gasteiger partial charge >= 0.3 is 0 Å². The summed E-state index contributed by atoms with van der Waals surface area (Å²) in [6.45, 7) is 8.81. The van der Waals surface area contributed by atoms with E-state index in [0.717, 1.165) is 5.75 Å². The maximum absolute atomic E-state index is 11.2. The van der Waals surface area contributed by atoms with E-state index in [1.54, 1.807) is 0 Å². The molecule has 0 aliphatic carbocycles. The Labute approximate surface area is 123 Å². The van der Waals surface area contributed by atoms with E-state index in [2.05, 4.69) is 53.3 Å². The zero-order valence-electron chi connectivity index (χ0n) is 12.0. The lowest BCUT2D eigenvalue weighted by molar-refractivity contribution is -0.118. The first-order chi connectivity index (χ1) is 8.93. The number of benzene rings is 1. The number of carbonyl (C=O) groups is 1. The summed E-state index contributed by atoms with van der Waals surface area (Å²) in [4.78, 5) is 11.2. The van der Waals surface area contributed by atoms with Gasteiger partial charge in [0.25, 0.3) is 0 Å². The predicted molar refractivity (Wildman–Crippen MR) is 82.2 cm³/mol. The van der Waals surface area contributed by atoms with E-state index < -0.39 is 0 Å². The van der Waals surface area contributed by atoms with E-state index in [9.17, 15) is 4.79 Å². The SMILES string of the molecule is Cc1ccc(C(C)C)c(OC(C)CNC(=O)CBr)c1. The van der Waals surface area contributed by atoms with Gasteiger partial charge in [0.2, 0.25) is 5.91 Å². The number of hydrogen-bond donors (Lipinski definition) is 1. The second kappa shape index (κ2) is 7.53. The van der Waals surface area contributed by atoms with Gasteiger partial charge in [0.1, 0.15) is 11.9 Å². The van der Waals surface area contributed by atoms with Crippen molar-refractivity contribution in [1.82, 2.24) is 5.32 Å². The third-order valence-electron chi connectivity index (χ3n) is 2.83. The number of ether oxygens (including phenoxy) is 1. The molecule has 0 aromatic heterocycles. The van der Waals surface area contributed by atoms with Gasteiger partial charge in [-0.1, -0.05) is 41.9 Å². The van der Waals surface area contributed by atoms with Gasteiger partial charge in [-0.25, -0.2) is 0 Å². The van der Waals surface area contributed by atoms with E-state index in [0.29, 0.717) is 17.8 Å². The molecular weight excluding hydrogens is 306 g/mol. The highest BCUT2D eigenvalue weighted by Crippen LogP contribution is 2.28. The first kappa shape index (κ1) is 16.0. The fraction of sp³-hybridized carbons (Fsp3) is 0.533. The van der Waals surface area contributed by atoms with E-state index in [1.807, 2.05) is 13.8 Å². The molecule has 0 aliphatic heterocycles. The third kappa shape index (κ3) is 5.23. The maximum atomic E-state index is 11.2. The third-order valence-corrected chi connectivity index (χ3v) is 3.34. The quantitative estimate of drug-likeness (QED) is 0.813. The minimum absolute atomic E-state index is 0.0243. The molecule has 1 aromatic carbocycles. The van der Waals surface area contributed by atoms with Gasteiger partial charge in [-0.3, -0.25) is 4.79 Å². The smallest absolute Gasteiger partial charge is 0.230 e. The number of nitrogens with one attached hydrogen (secondary N) is 1. The predicted octanol–water partition coefficient (Wildman–Crippen LogP) is 3.40. The maximum Gasteiger partial charge on any atom is 0.230 e. The largest absolute Gasteiger partial charge is 0.489 e. The first-order valence-corrected chi connectivity index (χ1v) is 7.66. The van der Waals surface area contributed by atoms with Crippen molar-refractivity contribution >= 4 is 21.8 Å². The van der Waals surface area contributed by atoms with Crippen molar-refractivity contribution in [2.24, 2.45) is 0 Å². The van der Waals surface area contributed by atoms with Crippen molar-refractivity contribution in [2.45, 2.75) is 39.7 Å². The lowest BCUT2D eigenvalue weighted by Gasteiger charge is -2.20. The van der Waals surface area contributed by atoms with Crippen LogP contribution in [-0.2, 0) is 4.79 Å². The summed E-state index contributed by atoms with van der Waals surface area (Å²) in [6, 6.07) is 6.26. The molecule has 0 radical (unpaired) electrons. The number of hydrogen-bond acceptors (Lipinski definition) is 2. The van der Waals surface area contributed by atoms with E-state index >= 15 is 0 Å². The van der Waals surface area contributed by atoms with Gasteiger partial charge in [0, 0.05) is 0 Å². The Kier molecular flexibility index (Phi) is 6.35. The van der Waals surface area contributed by atoms with Crippen LogP contribution >= 0.6 is 15.9 Å². The molecule has 1 N–H and O–H groups in total. The molecule has 0 saturated carbocycles. The second-order valence-electron chi connectivity index (χ2n) is 5.06. The summed E-state index contributed by atoms with van der Waals surface area (Å²) in [6.07, 6.45) is -0.0534. The Bertz CT molecular complexity index is 432. The number of carbonyl (C=O) groups excluding carboxylic acids is 1. The molecule has 19 heavy (non-hydrogen) atoms. The van der Waals surface area contributed by atoms with Gasteiger partial charge in [0.05, 0.1) is 11.9 Å². The Morgan fingerprint density at radius 2 is 2.05 bits per heavy atom. The molecule has 0 bridgehead atoms. The van der Waals surface area contributed by atoms with Crippen LogP contribution in [0.25, 0.3) is 0 Å². The number of aryl methyl sites for hydroxylation is 1. The molecule has 0 saturated heterocycles. The van der Waals surface area contributed by atoms with Crippen LogP contribution in [0.3, 0.4) is 0 Å². The van der Waals surface area contributed by atoms with Crippen LogP contribution in [0.4, 0.5) is 0 Å². The molecule has 0 heterocycles. The minimum Gasteiger partial charge on any atom is -0.489 e. The number of rotatable bonds is 6. The molecule has 1 amide bonds. The van der Waals surface area contributed by atoms with Crippen molar-refractivity contribution in [1.29, 1.82) is 0 Å². The fourth-order valence-corrected chi connectivity index (χ4v) is 1.98. The van der Waals surface area contributed by atoms with Crippen LogP contribution in [0.5, 0.6) is 5.75 Å². The Morgan fingerprint density at radius 1 is 1.37 bits per heavy atom. The van der Waals surface area contributed by atoms with Gasteiger partial charge < -0.3 is 10.1 Å². The highest BCUT2D eigenvalue weighted by molar-refractivity contribution is 9.09. The van der Waals surface area contributed by atoms with Crippen LogP contribution in [0.2, 0.25) is 0 Å². The Balaban J connectivity index is 2.69. The summed E-state index contributed by atoms with van der Waals surface area (Å²) in [5.41, 5.74) is 2.38. The van der Waals surface area contributed by atoms with Gasteiger partial charge in [0.15, 0.2) is 0 Å². The standard InChI is InChI=1S/C15H22BrNO2/c1-10(2)13-6-5-11(3)7-14(13)19-12(4)9-17-15(18)8-16/h5-7,10,12H,8-9H2,1-4H3,(H,17,18). The van der Waals surface area contributed by atoms with Crippen molar-refractivity contribution < 1.29 is 9.53 Å². The molecule has 0 spiro atoms. The summed E-state index contributed by atoms with van der Waals surface area (Å²) in [7, 11) is 0. The lowest BCUT2D eigenvalue weighted by Crippen LogP contribution is -2.34. The monoisotopic (exact) mass is 327 g/mol. The second-order valence-corrected chi connectivity index (χ2v) is 5.62. The highest BCUT2D eigenvalue weighted by atomic mass is 79.9. The topological polar surface area (TPSA) is 38.3 Å². The first-order valence-electron chi connectivity index (χ1n) is 6.54. The van der Waals surface area contributed by atoms with Gasteiger partial charge in [-0.05, 0) is 37.0 Å². The van der Waals surface area contributed by atoms with Crippen LogP contribution in [0.15, 0.2) is 18.2 Å². The van der Waals surface area contributed by atoms with Gasteiger partial charge in [-0.2, -0.15) is 0 Å². The molecular formula is C15H22BrNO2.